The Morgan fingerprint density at radius 1 is 1.04 bits per heavy atom. The zero-order valence-electron chi connectivity index (χ0n) is 14.6. The molecule has 0 N–H and O–H groups in total. The van der Waals surface area contributed by atoms with Gasteiger partial charge in [0.1, 0.15) is 5.52 Å². The third kappa shape index (κ3) is 2.53. The van der Waals surface area contributed by atoms with Gasteiger partial charge in [-0.15, -0.1) is 0 Å². The minimum absolute atomic E-state index is 0.0131. The predicted octanol–water partition coefficient (Wildman–Crippen LogP) is 5.62. The van der Waals surface area contributed by atoms with E-state index in [0.29, 0.717) is 28.6 Å². The van der Waals surface area contributed by atoms with E-state index in [1.165, 1.54) is 0 Å². The van der Waals surface area contributed by atoms with Gasteiger partial charge in [-0.05, 0) is 48.4 Å². The van der Waals surface area contributed by atoms with Crippen LogP contribution in [0.25, 0.3) is 22.6 Å². The average Bonchev–Trinajstić information content (AvgIpc) is 3.24. The Bertz CT molecular complexity index is 1210. The number of rotatable bonds is 2. The molecule has 5 rings (SSSR count). The van der Waals surface area contributed by atoms with Gasteiger partial charge >= 0.3 is 0 Å². The first kappa shape index (κ1) is 16.1. The van der Waals surface area contributed by atoms with Gasteiger partial charge in [0.15, 0.2) is 5.58 Å². The Morgan fingerprint density at radius 3 is 2.56 bits per heavy atom. The number of hydrogen-bond donors (Lipinski definition) is 0. The third-order valence-corrected chi connectivity index (χ3v) is 5.23. The second-order valence-electron chi connectivity index (χ2n) is 6.66. The second-order valence-corrected chi connectivity index (χ2v) is 7.07. The second kappa shape index (κ2) is 5.96. The maximum Gasteiger partial charge on any atom is 0.258 e. The minimum atomic E-state index is 0.0131. The van der Waals surface area contributed by atoms with Gasteiger partial charge in [-0.25, -0.2) is 4.98 Å². The summed E-state index contributed by atoms with van der Waals surface area (Å²) in [5, 5.41) is 0.590. The molecule has 0 unspecified atom stereocenters. The first-order valence-corrected chi connectivity index (χ1v) is 9.05. The van der Waals surface area contributed by atoms with Crippen LogP contribution in [0.2, 0.25) is 5.02 Å². The molecule has 0 aliphatic carbocycles. The standard InChI is InChI=1S/C22H15ClN2O2/c1-13-10-15(25-12-14-6-2-3-7-16(14)22(25)26)11-19-20(13)27-21(24-19)17-8-4-5-9-18(17)23/h2-11H,12H2,1H3. The monoisotopic (exact) mass is 374 g/mol. The number of carbonyl (C=O) groups excluding carboxylic acids is 1. The number of benzene rings is 3. The van der Waals surface area contributed by atoms with Gasteiger partial charge in [0.05, 0.1) is 17.1 Å². The Morgan fingerprint density at radius 2 is 1.78 bits per heavy atom. The topological polar surface area (TPSA) is 46.3 Å². The van der Waals surface area contributed by atoms with Crippen LogP contribution in [0.1, 0.15) is 21.5 Å². The molecule has 0 radical (unpaired) electrons. The largest absolute Gasteiger partial charge is 0.436 e. The summed E-state index contributed by atoms with van der Waals surface area (Å²) in [6.45, 7) is 2.52. The van der Waals surface area contributed by atoms with Gasteiger partial charge in [0, 0.05) is 11.3 Å². The number of nitrogens with zero attached hydrogens (tertiary/aromatic N) is 2. The predicted molar refractivity (Wildman–Crippen MR) is 106 cm³/mol. The molecule has 4 aromatic rings. The van der Waals surface area contributed by atoms with Crippen molar-refractivity contribution in [1.29, 1.82) is 0 Å². The summed E-state index contributed by atoms with van der Waals surface area (Å²) in [5.74, 6) is 0.492. The molecular weight excluding hydrogens is 360 g/mol. The Balaban J connectivity index is 1.60. The van der Waals surface area contributed by atoms with Crippen molar-refractivity contribution in [2.75, 3.05) is 4.90 Å². The average molecular weight is 375 g/mol. The normalized spacial score (nSPS) is 13.4. The van der Waals surface area contributed by atoms with Crippen LogP contribution in [0.3, 0.4) is 0 Å². The van der Waals surface area contributed by atoms with Crippen LogP contribution in [0.5, 0.6) is 0 Å². The quantitative estimate of drug-likeness (QED) is 0.457. The van der Waals surface area contributed by atoms with E-state index in [9.17, 15) is 4.79 Å². The number of oxazole rings is 1. The minimum Gasteiger partial charge on any atom is -0.436 e. The summed E-state index contributed by atoms with van der Waals surface area (Å²) in [6, 6.07) is 19.0. The number of carbonyl (C=O) groups is 1. The van der Waals surface area contributed by atoms with E-state index < -0.39 is 0 Å². The number of fused-ring (bicyclic) bond motifs is 2. The molecule has 1 aliphatic heterocycles. The summed E-state index contributed by atoms with van der Waals surface area (Å²) in [6.07, 6.45) is 0. The van der Waals surface area contributed by atoms with E-state index in [-0.39, 0.29) is 5.91 Å². The summed E-state index contributed by atoms with van der Waals surface area (Å²) >= 11 is 6.28. The lowest BCUT2D eigenvalue weighted by atomic mass is 10.1. The number of aryl methyl sites for hydroxylation is 1. The maximum atomic E-state index is 12.8. The Kier molecular flexibility index (Phi) is 3.55. The molecule has 0 saturated heterocycles. The molecule has 1 amide bonds. The van der Waals surface area contributed by atoms with Crippen LogP contribution in [0.15, 0.2) is 65.1 Å². The molecular formula is C22H15ClN2O2. The van der Waals surface area contributed by atoms with Crippen molar-refractivity contribution in [3.8, 4) is 11.5 Å². The number of aromatic nitrogens is 1. The zero-order valence-corrected chi connectivity index (χ0v) is 15.3. The van der Waals surface area contributed by atoms with Crippen LogP contribution < -0.4 is 4.90 Å². The number of amides is 1. The molecule has 4 nitrogen and oxygen atoms in total. The van der Waals surface area contributed by atoms with Crippen molar-refractivity contribution in [3.05, 3.63) is 82.4 Å². The molecule has 0 saturated carbocycles. The maximum absolute atomic E-state index is 12.8. The van der Waals surface area contributed by atoms with Gasteiger partial charge in [-0.2, -0.15) is 0 Å². The van der Waals surface area contributed by atoms with Crippen molar-refractivity contribution < 1.29 is 9.21 Å². The van der Waals surface area contributed by atoms with Crippen LogP contribution in [-0.4, -0.2) is 10.9 Å². The van der Waals surface area contributed by atoms with Gasteiger partial charge in [-0.1, -0.05) is 41.9 Å². The van der Waals surface area contributed by atoms with Crippen LogP contribution in [-0.2, 0) is 6.54 Å². The highest BCUT2D eigenvalue weighted by atomic mass is 35.5. The van der Waals surface area contributed by atoms with Crippen molar-refractivity contribution in [2.24, 2.45) is 0 Å². The SMILES string of the molecule is Cc1cc(N2Cc3ccccc3C2=O)cc2nc(-c3ccccc3Cl)oc12. The van der Waals surface area contributed by atoms with Crippen molar-refractivity contribution >= 4 is 34.3 Å². The fraction of sp³-hybridized carbons (Fsp3) is 0.0909. The first-order valence-electron chi connectivity index (χ1n) is 8.67. The van der Waals surface area contributed by atoms with E-state index in [1.54, 1.807) is 4.90 Å². The summed E-state index contributed by atoms with van der Waals surface area (Å²) in [7, 11) is 0. The van der Waals surface area contributed by atoms with Crippen molar-refractivity contribution in [2.45, 2.75) is 13.5 Å². The van der Waals surface area contributed by atoms with Crippen LogP contribution in [0.4, 0.5) is 5.69 Å². The van der Waals surface area contributed by atoms with Crippen molar-refractivity contribution in [1.82, 2.24) is 4.98 Å². The number of halogens is 1. The van der Waals surface area contributed by atoms with E-state index in [1.807, 2.05) is 67.6 Å². The lowest BCUT2D eigenvalue weighted by Gasteiger charge is -2.16. The zero-order chi connectivity index (χ0) is 18.5. The third-order valence-electron chi connectivity index (χ3n) is 4.90. The molecule has 132 valence electrons. The van der Waals surface area contributed by atoms with Crippen LogP contribution >= 0.6 is 11.6 Å². The number of hydrogen-bond acceptors (Lipinski definition) is 3. The molecule has 27 heavy (non-hydrogen) atoms. The fourth-order valence-corrected chi connectivity index (χ4v) is 3.77. The summed E-state index contributed by atoms with van der Waals surface area (Å²) in [5.41, 5.74) is 5.71. The van der Waals surface area contributed by atoms with Gasteiger partial charge < -0.3 is 9.32 Å². The van der Waals surface area contributed by atoms with E-state index in [0.717, 1.165) is 27.9 Å². The highest BCUT2D eigenvalue weighted by Crippen LogP contribution is 2.35. The molecule has 5 heteroatoms. The first-order chi connectivity index (χ1) is 13.1. The van der Waals surface area contributed by atoms with Gasteiger partial charge in [-0.3, -0.25) is 4.79 Å². The molecule has 1 aliphatic rings. The molecule has 0 bridgehead atoms. The molecule has 2 heterocycles. The lowest BCUT2D eigenvalue weighted by Crippen LogP contribution is -2.23. The number of anilines is 1. The van der Waals surface area contributed by atoms with Crippen molar-refractivity contribution in [3.63, 3.8) is 0 Å². The fourth-order valence-electron chi connectivity index (χ4n) is 3.55. The highest BCUT2D eigenvalue weighted by molar-refractivity contribution is 6.33. The van der Waals surface area contributed by atoms with E-state index in [4.69, 9.17) is 16.0 Å². The lowest BCUT2D eigenvalue weighted by molar-refractivity contribution is 0.0996. The molecule has 3 aromatic carbocycles. The Hall–Kier alpha value is -3.11. The summed E-state index contributed by atoms with van der Waals surface area (Å²) < 4.78 is 5.97. The van der Waals surface area contributed by atoms with Crippen LogP contribution in [0, 0.1) is 6.92 Å². The highest BCUT2D eigenvalue weighted by Gasteiger charge is 2.28. The molecule has 1 aromatic heterocycles. The smallest absolute Gasteiger partial charge is 0.258 e. The molecule has 0 fully saturated rings. The van der Waals surface area contributed by atoms with E-state index in [2.05, 4.69) is 4.98 Å². The van der Waals surface area contributed by atoms with Gasteiger partial charge in [0.25, 0.3) is 5.91 Å². The van der Waals surface area contributed by atoms with Gasteiger partial charge in [0.2, 0.25) is 5.89 Å². The Labute approximate surface area is 161 Å². The molecule has 0 atom stereocenters. The van der Waals surface area contributed by atoms with E-state index >= 15 is 0 Å². The molecule has 0 spiro atoms. The summed E-state index contributed by atoms with van der Waals surface area (Å²) in [4.78, 5) is 19.2.